The molecule has 37 heavy (non-hydrogen) atoms. The van der Waals surface area contributed by atoms with Gasteiger partial charge in [-0.3, -0.25) is 14.7 Å². The molecule has 3 aromatic rings. The van der Waals surface area contributed by atoms with Crippen LogP contribution in [0.25, 0.3) is 0 Å². The van der Waals surface area contributed by atoms with Gasteiger partial charge in [-0.15, -0.1) is 5.10 Å². The van der Waals surface area contributed by atoms with E-state index in [9.17, 15) is 14.4 Å². The fourth-order valence-corrected chi connectivity index (χ4v) is 5.02. The molecule has 0 saturated heterocycles. The van der Waals surface area contributed by atoms with Crippen LogP contribution in [0, 0.1) is 17.0 Å². The fourth-order valence-electron chi connectivity index (χ4n) is 3.21. The van der Waals surface area contributed by atoms with E-state index in [1.807, 2.05) is 48.5 Å². The van der Waals surface area contributed by atoms with Gasteiger partial charge in [0.25, 0.3) is 11.8 Å². The lowest BCUT2D eigenvalue weighted by Gasteiger charge is -2.27. The number of aromatic amines is 1. The Kier molecular flexibility index (Phi) is 11.0. The summed E-state index contributed by atoms with van der Waals surface area (Å²) in [5.41, 5.74) is 7.72. The molecule has 3 amide bonds. The first-order valence-corrected chi connectivity index (χ1v) is 14.5. The van der Waals surface area contributed by atoms with Crippen LogP contribution in [0.15, 0.2) is 48.5 Å². The first-order chi connectivity index (χ1) is 17.6. The number of ether oxygens (including phenoxy) is 1. The molecule has 1 heterocycles. The minimum atomic E-state index is -1.14. The first-order valence-electron chi connectivity index (χ1n) is 11.2. The molecular formula is C24H25I2N5O4S2. The zero-order valence-corrected chi connectivity index (χ0v) is 25.9. The van der Waals surface area contributed by atoms with E-state index in [0.717, 1.165) is 34.5 Å². The molecule has 3 rings (SSSR count). The Morgan fingerprint density at radius 2 is 1.81 bits per heavy atom. The third kappa shape index (κ3) is 8.27. The molecule has 0 spiro atoms. The predicted octanol–water partition coefficient (Wildman–Crippen LogP) is 4.79. The van der Waals surface area contributed by atoms with Crippen molar-refractivity contribution in [3.63, 3.8) is 0 Å². The SMILES string of the molecule is CC(C)[C@H](N)C(=O)N(C(=O)[C@H](Cc1ccc(I)c(I)c1)NC(=O)OCc1ccccc1)c1n[nH]c(=S)s1. The molecular weight excluding hydrogens is 740 g/mol. The second-order valence-corrected chi connectivity index (χ2v) is 12.4. The van der Waals surface area contributed by atoms with E-state index in [1.54, 1.807) is 13.8 Å². The number of aromatic nitrogens is 2. The van der Waals surface area contributed by atoms with Crippen molar-refractivity contribution in [1.82, 2.24) is 15.5 Å². The standard InChI is InChI=1S/C24H25I2N5O4S2/c1-13(2)19(27)21(33)31(22-29-30-24(36)37-22)20(32)18(11-15-8-9-16(25)17(26)10-15)28-23(34)35-12-14-6-4-3-5-7-14/h3-10,13,18-19H,11-12,27H2,1-2H3,(H,28,34)(H,30,36)/t18-,19-/m0/s1. The molecule has 2 atom stereocenters. The number of nitrogens with one attached hydrogen (secondary N) is 2. The van der Waals surface area contributed by atoms with Crippen LogP contribution in [0.3, 0.4) is 0 Å². The van der Waals surface area contributed by atoms with Crippen molar-refractivity contribution in [2.75, 3.05) is 4.90 Å². The number of benzene rings is 2. The Morgan fingerprint density at radius 1 is 1.11 bits per heavy atom. The Balaban J connectivity index is 1.92. The minimum absolute atomic E-state index is 0.0244. The third-order valence-corrected chi connectivity index (χ3v) is 9.23. The van der Waals surface area contributed by atoms with Crippen molar-refractivity contribution in [2.45, 2.75) is 39.0 Å². The van der Waals surface area contributed by atoms with E-state index in [0.29, 0.717) is 0 Å². The van der Waals surface area contributed by atoms with Gasteiger partial charge in [0, 0.05) is 13.6 Å². The predicted molar refractivity (Wildman–Crippen MR) is 162 cm³/mol. The Bertz CT molecular complexity index is 1320. The van der Waals surface area contributed by atoms with Gasteiger partial charge >= 0.3 is 6.09 Å². The number of hydrogen-bond donors (Lipinski definition) is 3. The molecule has 1 aromatic heterocycles. The zero-order valence-electron chi connectivity index (χ0n) is 19.9. The number of nitrogens with two attached hydrogens (primary N) is 1. The average Bonchev–Trinajstić information content (AvgIpc) is 3.30. The van der Waals surface area contributed by atoms with Crippen LogP contribution in [0.1, 0.15) is 25.0 Å². The molecule has 0 radical (unpaired) electrons. The number of amides is 3. The quantitative estimate of drug-likeness (QED) is 0.211. The number of carbonyl (C=O) groups is 3. The van der Waals surface area contributed by atoms with Crippen LogP contribution in [-0.2, 0) is 27.4 Å². The fraction of sp³-hybridized carbons (Fsp3) is 0.292. The van der Waals surface area contributed by atoms with Crippen molar-refractivity contribution < 1.29 is 19.1 Å². The van der Waals surface area contributed by atoms with Crippen LogP contribution >= 0.6 is 68.7 Å². The van der Waals surface area contributed by atoms with Crippen molar-refractivity contribution in [2.24, 2.45) is 11.7 Å². The maximum atomic E-state index is 13.9. The number of carbonyl (C=O) groups excluding carboxylic acids is 3. The molecule has 0 aliphatic rings. The molecule has 4 N–H and O–H groups in total. The lowest BCUT2D eigenvalue weighted by molar-refractivity contribution is -0.128. The molecule has 0 bridgehead atoms. The molecule has 0 fully saturated rings. The largest absolute Gasteiger partial charge is 0.445 e. The van der Waals surface area contributed by atoms with Crippen LogP contribution in [0.2, 0.25) is 0 Å². The topological polar surface area (TPSA) is 130 Å². The second-order valence-electron chi connectivity index (χ2n) is 8.39. The summed E-state index contributed by atoms with van der Waals surface area (Å²) in [7, 11) is 0. The van der Waals surface area contributed by atoms with Gasteiger partial charge in [0.15, 0.2) is 3.95 Å². The molecule has 0 aliphatic carbocycles. The van der Waals surface area contributed by atoms with Crippen LogP contribution in [0.5, 0.6) is 0 Å². The number of alkyl carbamates (subject to hydrolysis) is 1. The third-order valence-electron chi connectivity index (χ3n) is 5.29. The van der Waals surface area contributed by atoms with Crippen molar-refractivity contribution >= 4 is 91.8 Å². The van der Waals surface area contributed by atoms with E-state index in [4.69, 9.17) is 22.7 Å². The van der Waals surface area contributed by atoms with Crippen molar-refractivity contribution in [3.05, 3.63) is 70.8 Å². The summed E-state index contributed by atoms with van der Waals surface area (Å²) in [6.45, 7) is 3.58. The normalized spacial score (nSPS) is 12.6. The van der Waals surface area contributed by atoms with E-state index in [-0.39, 0.29) is 28.0 Å². The van der Waals surface area contributed by atoms with Gasteiger partial charge in [0.2, 0.25) is 5.13 Å². The highest BCUT2D eigenvalue weighted by molar-refractivity contribution is 14.1. The number of H-pyrrole nitrogens is 1. The lowest BCUT2D eigenvalue weighted by atomic mass is 10.0. The molecule has 2 aromatic carbocycles. The minimum Gasteiger partial charge on any atom is -0.445 e. The number of halogens is 2. The molecule has 13 heteroatoms. The smallest absolute Gasteiger partial charge is 0.408 e. The molecule has 9 nitrogen and oxygen atoms in total. The summed E-state index contributed by atoms with van der Waals surface area (Å²) in [4.78, 5) is 40.9. The molecule has 196 valence electrons. The van der Waals surface area contributed by atoms with E-state index >= 15 is 0 Å². The van der Waals surface area contributed by atoms with E-state index < -0.39 is 30.0 Å². The van der Waals surface area contributed by atoms with Gasteiger partial charge in [-0.25, -0.2) is 9.69 Å². The number of anilines is 1. The second kappa shape index (κ2) is 13.7. The van der Waals surface area contributed by atoms with Gasteiger partial charge in [-0.1, -0.05) is 61.6 Å². The van der Waals surface area contributed by atoms with E-state index in [2.05, 4.69) is 60.7 Å². The van der Waals surface area contributed by atoms with Crippen molar-refractivity contribution in [1.29, 1.82) is 0 Å². The number of imide groups is 1. The molecule has 0 saturated carbocycles. The summed E-state index contributed by atoms with van der Waals surface area (Å²) in [6, 6.07) is 12.8. The molecule has 0 unspecified atom stereocenters. The highest BCUT2D eigenvalue weighted by Crippen LogP contribution is 2.23. The zero-order chi connectivity index (χ0) is 27.1. The van der Waals surface area contributed by atoms with E-state index in [1.165, 1.54) is 0 Å². The highest BCUT2D eigenvalue weighted by atomic mass is 127. The van der Waals surface area contributed by atoms with Crippen molar-refractivity contribution in [3.8, 4) is 0 Å². The summed E-state index contributed by atoms with van der Waals surface area (Å²) in [6.07, 6.45) is -0.680. The number of nitrogens with zero attached hydrogens (tertiary/aromatic N) is 2. The first kappa shape index (κ1) is 29.6. The number of rotatable bonds is 9. The van der Waals surface area contributed by atoms with Gasteiger partial charge in [-0.05, 0) is 86.6 Å². The average molecular weight is 765 g/mol. The van der Waals surface area contributed by atoms with Gasteiger partial charge in [0.1, 0.15) is 12.6 Å². The van der Waals surface area contributed by atoms with Gasteiger partial charge in [0.05, 0.1) is 6.04 Å². The Hall–Kier alpha value is -1.95. The highest BCUT2D eigenvalue weighted by Gasteiger charge is 2.37. The van der Waals surface area contributed by atoms with Crippen LogP contribution < -0.4 is 16.0 Å². The summed E-state index contributed by atoms with van der Waals surface area (Å²) >= 11 is 10.5. The summed E-state index contributed by atoms with van der Waals surface area (Å²) in [5, 5.41) is 9.33. The Labute approximate surface area is 250 Å². The maximum Gasteiger partial charge on any atom is 0.408 e. The van der Waals surface area contributed by atoms with Crippen LogP contribution in [0.4, 0.5) is 9.93 Å². The van der Waals surface area contributed by atoms with Crippen LogP contribution in [-0.4, -0.2) is 40.2 Å². The molecule has 0 aliphatic heterocycles. The summed E-state index contributed by atoms with van der Waals surface area (Å²) < 4.78 is 7.69. The maximum absolute atomic E-state index is 13.9. The summed E-state index contributed by atoms with van der Waals surface area (Å²) in [5.74, 6) is -1.57. The lowest BCUT2D eigenvalue weighted by Crippen LogP contribution is -2.56. The number of hydrogen-bond acceptors (Lipinski definition) is 8. The monoisotopic (exact) mass is 765 g/mol. The Morgan fingerprint density at radius 3 is 2.41 bits per heavy atom. The van der Waals surface area contributed by atoms with Gasteiger partial charge < -0.3 is 15.8 Å². The van der Waals surface area contributed by atoms with Gasteiger partial charge in [-0.2, -0.15) is 0 Å².